The molecule has 1 fully saturated rings. The lowest BCUT2D eigenvalue weighted by molar-refractivity contribution is 0.0908. The number of rotatable bonds is 4. The first-order valence-corrected chi connectivity index (χ1v) is 9.69. The van der Waals surface area contributed by atoms with E-state index in [0.717, 1.165) is 32.5 Å². The second-order valence-corrected chi connectivity index (χ2v) is 7.71. The van der Waals surface area contributed by atoms with Crippen LogP contribution in [0.25, 0.3) is 10.2 Å². The van der Waals surface area contributed by atoms with Crippen LogP contribution in [0.4, 0.5) is 0 Å². The summed E-state index contributed by atoms with van der Waals surface area (Å²) in [7, 11) is 0. The van der Waals surface area contributed by atoms with Crippen LogP contribution in [-0.4, -0.2) is 46.2 Å². The lowest BCUT2D eigenvalue weighted by Crippen LogP contribution is -2.45. The number of carbonyl (C=O) groups is 1. The monoisotopic (exact) mass is 399 g/mol. The van der Waals surface area contributed by atoms with Gasteiger partial charge in [0.05, 0.1) is 5.39 Å². The van der Waals surface area contributed by atoms with Crippen molar-refractivity contribution in [3.8, 4) is 5.75 Å². The van der Waals surface area contributed by atoms with E-state index in [1.807, 2.05) is 19.2 Å². The molecule has 0 aromatic carbocycles. The van der Waals surface area contributed by atoms with Crippen molar-refractivity contribution in [1.82, 2.24) is 14.8 Å². The molecule has 0 saturated carbocycles. The number of pyridine rings is 1. The van der Waals surface area contributed by atoms with Gasteiger partial charge in [-0.1, -0.05) is 6.92 Å². The Morgan fingerprint density at radius 2 is 2.04 bits per heavy atom. The predicted molar refractivity (Wildman–Crippen MR) is 108 cm³/mol. The van der Waals surface area contributed by atoms with Gasteiger partial charge in [-0.05, 0) is 44.7 Å². The molecule has 2 aromatic rings. The van der Waals surface area contributed by atoms with Crippen LogP contribution in [0.2, 0.25) is 0 Å². The van der Waals surface area contributed by atoms with Gasteiger partial charge in [-0.2, -0.15) is 0 Å². The van der Waals surface area contributed by atoms with Crippen LogP contribution < -0.4 is 10.9 Å². The van der Waals surface area contributed by atoms with Crippen LogP contribution in [-0.2, 0) is 0 Å². The summed E-state index contributed by atoms with van der Waals surface area (Å²) in [5.74, 6) is -0.679. The molecule has 1 aliphatic rings. The number of nitrogens with one attached hydrogen (secondary N) is 1. The third kappa shape index (κ3) is 3.75. The number of aromatic hydroxyl groups is 1. The molecule has 1 aliphatic heterocycles. The van der Waals surface area contributed by atoms with E-state index in [2.05, 4.69) is 17.1 Å². The van der Waals surface area contributed by atoms with Crippen LogP contribution in [0.3, 0.4) is 0 Å². The Balaban J connectivity index is 0.00000243. The largest absolute Gasteiger partial charge is 0.506 e. The van der Waals surface area contributed by atoms with E-state index in [9.17, 15) is 14.7 Å². The molecule has 3 heterocycles. The quantitative estimate of drug-likeness (QED) is 0.828. The smallest absolute Gasteiger partial charge is 0.268 e. The first kappa shape index (κ1) is 20.7. The zero-order valence-corrected chi connectivity index (χ0v) is 17.0. The number of halogens is 1. The van der Waals surface area contributed by atoms with E-state index >= 15 is 0 Å². The number of aromatic nitrogens is 1. The van der Waals surface area contributed by atoms with Gasteiger partial charge in [0.1, 0.15) is 16.1 Å². The van der Waals surface area contributed by atoms with Crippen molar-refractivity contribution in [3.05, 3.63) is 27.4 Å². The molecular weight excluding hydrogens is 374 g/mol. The molecule has 0 unspecified atom stereocenters. The molecule has 2 N–H and O–H groups in total. The van der Waals surface area contributed by atoms with Crippen LogP contribution in [0.5, 0.6) is 5.75 Å². The zero-order valence-electron chi connectivity index (χ0n) is 15.3. The summed E-state index contributed by atoms with van der Waals surface area (Å²) in [5, 5.41) is 15.9. The van der Waals surface area contributed by atoms with Crippen LogP contribution in [0.15, 0.2) is 16.2 Å². The standard InChI is InChI=1S/C18H25N3O3S.ClH/c1-4-20-8-5-12(6-9-20)19-16(23)14-15(22)13-7-10-25-18(13)21(11(2)3)17(14)24;/h7,10-12,22H,4-6,8-9H2,1-3H3,(H,19,23);1H. The molecule has 1 saturated heterocycles. The highest BCUT2D eigenvalue weighted by Gasteiger charge is 2.27. The lowest BCUT2D eigenvalue weighted by Gasteiger charge is -2.31. The SMILES string of the molecule is CCN1CCC(NC(=O)c2c(O)c3ccsc3n(C(C)C)c2=O)CC1.Cl. The summed E-state index contributed by atoms with van der Waals surface area (Å²) in [6, 6.07) is 1.71. The number of amides is 1. The Hall–Kier alpha value is -1.57. The summed E-state index contributed by atoms with van der Waals surface area (Å²) < 4.78 is 1.59. The Bertz CT molecular complexity index is 838. The van der Waals surface area contributed by atoms with Crippen LogP contribution in [0, 0.1) is 0 Å². The molecule has 1 amide bonds. The molecule has 144 valence electrons. The minimum absolute atomic E-state index is 0. The maximum Gasteiger partial charge on any atom is 0.268 e. The maximum absolute atomic E-state index is 12.9. The predicted octanol–water partition coefficient (Wildman–Crippen LogP) is 2.99. The number of carbonyl (C=O) groups excluding carboxylic acids is 1. The van der Waals surface area contributed by atoms with Gasteiger partial charge in [0.2, 0.25) is 0 Å². The Labute approximate surface area is 163 Å². The molecule has 0 spiro atoms. The van der Waals surface area contributed by atoms with Gasteiger partial charge in [0.25, 0.3) is 11.5 Å². The molecule has 0 radical (unpaired) electrons. The van der Waals surface area contributed by atoms with Crippen molar-refractivity contribution in [2.75, 3.05) is 19.6 Å². The Morgan fingerprint density at radius 3 is 2.62 bits per heavy atom. The Kier molecular flexibility index (Phi) is 6.71. The number of likely N-dealkylation sites (tertiary alicyclic amines) is 1. The fraction of sp³-hybridized carbons (Fsp3) is 0.556. The average molecular weight is 400 g/mol. The van der Waals surface area contributed by atoms with Crippen LogP contribution in [0.1, 0.15) is 50.0 Å². The second kappa shape index (κ2) is 8.41. The Morgan fingerprint density at radius 1 is 1.38 bits per heavy atom. The van der Waals surface area contributed by atoms with Gasteiger partial charge < -0.3 is 15.3 Å². The maximum atomic E-state index is 12.9. The molecule has 8 heteroatoms. The van der Waals surface area contributed by atoms with Gasteiger partial charge >= 0.3 is 0 Å². The molecule has 0 bridgehead atoms. The van der Waals surface area contributed by atoms with E-state index in [1.165, 1.54) is 11.3 Å². The normalized spacial score (nSPS) is 16.0. The average Bonchev–Trinajstić information content (AvgIpc) is 3.04. The minimum Gasteiger partial charge on any atom is -0.506 e. The molecule has 0 atom stereocenters. The number of nitrogens with zero attached hydrogens (tertiary/aromatic N) is 2. The van der Waals surface area contributed by atoms with Gasteiger partial charge in [-0.15, -0.1) is 23.7 Å². The molecular formula is C18H26ClN3O3S. The van der Waals surface area contributed by atoms with E-state index in [1.54, 1.807) is 10.6 Å². The van der Waals surface area contributed by atoms with E-state index in [0.29, 0.717) is 10.2 Å². The molecule has 3 rings (SSSR count). The highest BCUT2D eigenvalue weighted by atomic mass is 35.5. The first-order valence-electron chi connectivity index (χ1n) is 8.81. The van der Waals surface area contributed by atoms with Gasteiger partial charge in [-0.3, -0.25) is 14.2 Å². The number of thiophene rings is 1. The highest BCUT2D eigenvalue weighted by Crippen LogP contribution is 2.31. The molecule has 2 aromatic heterocycles. The lowest BCUT2D eigenvalue weighted by atomic mass is 10.0. The topological polar surface area (TPSA) is 74.6 Å². The van der Waals surface area contributed by atoms with E-state index in [4.69, 9.17) is 0 Å². The van der Waals surface area contributed by atoms with E-state index in [-0.39, 0.29) is 35.8 Å². The van der Waals surface area contributed by atoms with Crippen molar-refractivity contribution in [3.63, 3.8) is 0 Å². The zero-order chi connectivity index (χ0) is 18.1. The summed E-state index contributed by atoms with van der Waals surface area (Å²) in [4.78, 5) is 28.7. The van der Waals surface area contributed by atoms with Gasteiger partial charge in [-0.25, -0.2) is 0 Å². The van der Waals surface area contributed by atoms with E-state index < -0.39 is 11.5 Å². The first-order chi connectivity index (χ1) is 11.9. The number of piperidine rings is 1. The fourth-order valence-corrected chi connectivity index (χ4v) is 4.47. The number of hydrogen-bond acceptors (Lipinski definition) is 5. The van der Waals surface area contributed by atoms with Crippen molar-refractivity contribution >= 4 is 39.9 Å². The molecule has 26 heavy (non-hydrogen) atoms. The summed E-state index contributed by atoms with van der Waals surface area (Å²) in [5.41, 5.74) is -0.566. The second-order valence-electron chi connectivity index (χ2n) is 6.81. The molecule has 6 nitrogen and oxygen atoms in total. The summed E-state index contributed by atoms with van der Waals surface area (Å²) >= 11 is 1.40. The van der Waals surface area contributed by atoms with Crippen molar-refractivity contribution in [2.45, 2.75) is 45.7 Å². The number of fused-ring (bicyclic) bond motifs is 1. The van der Waals surface area contributed by atoms with Gasteiger partial charge in [0, 0.05) is 25.2 Å². The third-order valence-electron chi connectivity index (χ3n) is 4.90. The summed E-state index contributed by atoms with van der Waals surface area (Å²) in [6.07, 6.45) is 1.72. The van der Waals surface area contributed by atoms with Crippen molar-refractivity contribution < 1.29 is 9.90 Å². The number of hydrogen-bond donors (Lipinski definition) is 2. The minimum atomic E-state index is -0.472. The summed E-state index contributed by atoms with van der Waals surface area (Å²) in [6.45, 7) is 8.82. The highest BCUT2D eigenvalue weighted by molar-refractivity contribution is 7.16. The van der Waals surface area contributed by atoms with Crippen molar-refractivity contribution in [2.24, 2.45) is 0 Å². The van der Waals surface area contributed by atoms with Crippen LogP contribution >= 0.6 is 23.7 Å². The van der Waals surface area contributed by atoms with Gasteiger partial charge in [0.15, 0.2) is 0 Å². The fourth-order valence-electron chi connectivity index (χ4n) is 3.44. The third-order valence-corrected chi connectivity index (χ3v) is 5.81. The molecule has 0 aliphatic carbocycles. The van der Waals surface area contributed by atoms with Crippen molar-refractivity contribution in [1.29, 1.82) is 0 Å².